The van der Waals surface area contributed by atoms with Gasteiger partial charge >= 0.3 is 0 Å². The van der Waals surface area contributed by atoms with Crippen LogP contribution in [0.1, 0.15) is 76.7 Å². The smallest absolute Gasteiger partial charge is 0.119 e. The van der Waals surface area contributed by atoms with Gasteiger partial charge in [0, 0.05) is 0 Å². The second kappa shape index (κ2) is 9.80. The third-order valence-corrected chi connectivity index (χ3v) is 5.88. The Hall–Kier alpha value is -1.76. The predicted octanol–water partition coefficient (Wildman–Crippen LogP) is 7.61. The fraction of sp³-hybridized carbons (Fsp3) is 0.520. The first-order chi connectivity index (χ1) is 12.8. The minimum Gasteiger partial charge on any atom is -0.494 e. The molecule has 0 heterocycles. The Balaban J connectivity index is 1.57. The van der Waals surface area contributed by atoms with E-state index in [1.807, 2.05) is 0 Å². The number of rotatable bonds is 8. The third-order valence-electron chi connectivity index (χ3n) is 5.88. The maximum Gasteiger partial charge on any atom is 0.119 e. The summed E-state index contributed by atoms with van der Waals surface area (Å²) in [6.07, 6.45) is 10.6. The van der Waals surface area contributed by atoms with Crippen LogP contribution in [0.5, 0.6) is 5.75 Å². The zero-order valence-electron chi connectivity index (χ0n) is 16.5. The lowest BCUT2D eigenvalue weighted by atomic mass is 9.77. The lowest BCUT2D eigenvalue weighted by Crippen LogP contribution is -2.13. The van der Waals surface area contributed by atoms with Crippen molar-refractivity contribution in [2.75, 3.05) is 6.61 Å². The summed E-state index contributed by atoms with van der Waals surface area (Å²) in [6.45, 7) is 5.31. The second-order valence-corrected chi connectivity index (χ2v) is 7.85. The Kier molecular flexibility index (Phi) is 7.17. The van der Waals surface area contributed by atoms with E-state index in [2.05, 4.69) is 62.4 Å². The summed E-state index contributed by atoms with van der Waals surface area (Å²) in [5.74, 6) is 2.72. The first-order valence-electron chi connectivity index (χ1n) is 10.6. The number of unbranched alkanes of at least 4 members (excludes halogenated alkanes) is 1. The summed E-state index contributed by atoms with van der Waals surface area (Å²) in [5, 5.41) is 0. The van der Waals surface area contributed by atoms with Crippen LogP contribution in [0.3, 0.4) is 0 Å². The average molecular weight is 351 g/mol. The zero-order valence-corrected chi connectivity index (χ0v) is 16.5. The number of hydrogen-bond donors (Lipinski definition) is 0. The highest BCUT2D eigenvalue weighted by atomic mass is 16.5. The van der Waals surface area contributed by atoms with Gasteiger partial charge in [-0.25, -0.2) is 0 Å². The molecule has 1 aliphatic carbocycles. The molecule has 0 N–H and O–H groups in total. The van der Waals surface area contributed by atoms with Crippen molar-refractivity contribution < 1.29 is 4.74 Å². The van der Waals surface area contributed by atoms with E-state index >= 15 is 0 Å². The maximum absolute atomic E-state index is 5.76. The lowest BCUT2D eigenvalue weighted by molar-refractivity contribution is 0.308. The van der Waals surface area contributed by atoms with Gasteiger partial charge in [0.1, 0.15) is 5.75 Å². The highest BCUT2D eigenvalue weighted by Crippen LogP contribution is 2.38. The molecular weight excluding hydrogens is 316 g/mol. The van der Waals surface area contributed by atoms with E-state index in [0.717, 1.165) is 30.6 Å². The van der Waals surface area contributed by atoms with Gasteiger partial charge in [0.05, 0.1) is 6.61 Å². The van der Waals surface area contributed by atoms with Crippen molar-refractivity contribution in [1.82, 2.24) is 0 Å². The van der Waals surface area contributed by atoms with E-state index in [0.29, 0.717) is 0 Å². The van der Waals surface area contributed by atoms with Crippen molar-refractivity contribution in [3.8, 4) is 16.9 Å². The van der Waals surface area contributed by atoms with Crippen molar-refractivity contribution in [1.29, 1.82) is 0 Å². The van der Waals surface area contributed by atoms with Gasteiger partial charge in [-0.3, -0.25) is 0 Å². The standard InChI is InChI=1S/C25H34O/c1-3-5-19-26-25-17-15-24(16-18-25)23-13-11-22(12-14-23)21-9-7-20(6-4-2)8-10-21/h11-18,20-21H,3-10,19H2,1-2H3. The monoisotopic (exact) mass is 350 g/mol. The molecule has 0 spiro atoms. The number of benzene rings is 2. The molecule has 26 heavy (non-hydrogen) atoms. The third kappa shape index (κ3) is 5.13. The van der Waals surface area contributed by atoms with Gasteiger partial charge in [0.2, 0.25) is 0 Å². The normalized spacial score (nSPS) is 20.1. The second-order valence-electron chi connectivity index (χ2n) is 7.85. The summed E-state index contributed by atoms with van der Waals surface area (Å²) < 4.78 is 5.76. The van der Waals surface area contributed by atoms with Crippen molar-refractivity contribution in [2.45, 2.75) is 71.1 Å². The topological polar surface area (TPSA) is 9.23 Å². The molecule has 2 aromatic carbocycles. The van der Waals surface area contributed by atoms with Gasteiger partial charge in [0.25, 0.3) is 0 Å². The van der Waals surface area contributed by atoms with Gasteiger partial charge in [0.15, 0.2) is 0 Å². The number of hydrogen-bond acceptors (Lipinski definition) is 1. The molecule has 3 rings (SSSR count). The molecule has 1 nitrogen and oxygen atoms in total. The van der Waals surface area contributed by atoms with Crippen LogP contribution in [0, 0.1) is 5.92 Å². The van der Waals surface area contributed by atoms with Gasteiger partial charge in [-0.05, 0) is 72.8 Å². The molecule has 1 heteroatoms. The average Bonchev–Trinajstić information content (AvgIpc) is 2.70. The zero-order chi connectivity index (χ0) is 18.2. The quantitative estimate of drug-likeness (QED) is 0.445. The Labute approximate surface area is 159 Å². The fourth-order valence-corrected chi connectivity index (χ4v) is 4.22. The highest BCUT2D eigenvalue weighted by molar-refractivity contribution is 5.64. The summed E-state index contributed by atoms with van der Waals surface area (Å²) in [6, 6.07) is 17.8. The van der Waals surface area contributed by atoms with Crippen LogP contribution in [-0.4, -0.2) is 6.61 Å². The molecule has 140 valence electrons. The summed E-state index contributed by atoms with van der Waals surface area (Å²) in [4.78, 5) is 0. The van der Waals surface area contributed by atoms with Crippen molar-refractivity contribution >= 4 is 0 Å². The molecule has 0 bridgehead atoms. The molecule has 1 aliphatic rings. The van der Waals surface area contributed by atoms with Crippen LogP contribution in [0.2, 0.25) is 0 Å². The fourth-order valence-electron chi connectivity index (χ4n) is 4.22. The lowest BCUT2D eigenvalue weighted by Gasteiger charge is -2.28. The van der Waals surface area contributed by atoms with Crippen LogP contribution in [0.4, 0.5) is 0 Å². The SMILES string of the molecule is CCCCOc1ccc(-c2ccc(C3CCC(CCC)CC3)cc2)cc1. The summed E-state index contributed by atoms with van der Waals surface area (Å²) >= 11 is 0. The Bertz CT molecular complexity index is 633. The van der Waals surface area contributed by atoms with Crippen LogP contribution >= 0.6 is 0 Å². The summed E-state index contributed by atoms with van der Waals surface area (Å²) in [5.41, 5.74) is 4.10. The molecule has 0 radical (unpaired) electrons. The molecular formula is C25H34O. The van der Waals surface area contributed by atoms with E-state index in [4.69, 9.17) is 4.74 Å². The largest absolute Gasteiger partial charge is 0.494 e. The molecule has 0 aliphatic heterocycles. The first-order valence-corrected chi connectivity index (χ1v) is 10.6. The van der Waals surface area contributed by atoms with Crippen LogP contribution in [0.15, 0.2) is 48.5 Å². The molecule has 2 aromatic rings. The highest BCUT2D eigenvalue weighted by Gasteiger charge is 2.21. The van der Waals surface area contributed by atoms with Gasteiger partial charge in [-0.15, -0.1) is 0 Å². The Morgan fingerprint density at radius 3 is 1.96 bits per heavy atom. The van der Waals surface area contributed by atoms with Gasteiger partial charge in [-0.2, -0.15) is 0 Å². The van der Waals surface area contributed by atoms with Gasteiger partial charge in [-0.1, -0.05) is 69.5 Å². The van der Waals surface area contributed by atoms with Crippen molar-refractivity contribution in [3.05, 3.63) is 54.1 Å². The minimum atomic E-state index is 0.770. The van der Waals surface area contributed by atoms with E-state index < -0.39 is 0 Å². The van der Waals surface area contributed by atoms with E-state index in [9.17, 15) is 0 Å². The van der Waals surface area contributed by atoms with Gasteiger partial charge < -0.3 is 4.74 Å². The minimum absolute atomic E-state index is 0.770. The molecule has 0 unspecified atom stereocenters. The Morgan fingerprint density at radius 1 is 0.769 bits per heavy atom. The van der Waals surface area contributed by atoms with E-state index in [1.54, 1.807) is 0 Å². The molecule has 1 fully saturated rings. The first kappa shape index (κ1) is 19.0. The van der Waals surface area contributed by atoms with Crippen molar-refractivity contribution in [2.24, 2.45) is 5.92 Å². The maximum atomic E-state index is 5.76. The summed E-state index contributed by atoms with van der Waals surface area (Å²) in [7, 11) is 0. The van der Waals surface area contributed by atoms with Crippen LogP contribution in [-0.2, 0) is 0 Å². The van der Waals surface area contributed by atoms with E-state index in [1.165, 1.54) is 61.6 Å². The molecule has 1 saturated carbocycles. The number of ether oxygens (including phenoxy) is 1. The Morgan fingerprint density at radius 2 is 1.38 bits per heavy atom. The molecule has 0 amide bonds. The molecule has 0 saturated heterocycles. The van der Waals surface area contributed by atoms with E-state index in [-0.39, 0.29) is 0 Å². The van der Waals surface area contributed by atoms with Crippen molar-refractivity contribution in [3.63, 3.8) is 0 Å². The van der Waals surface area contributed by atoms with Crippen LogP contribution in [0.25, 0.3) is 11.1 Å². The molecule has 0 aromatic heterocycles. The molecule has 0 atom stereocenters. The van der Waals surface area contributed by atoms with Crippen LogP contribution < -0.4 is 4.74 Å². The predicted molar refractivity (Wildman–Crippen MR) is 112 cm³/mol.